The molecule has 1 aromatic heterocycles. The second-order valence-corrected chi connectivity index (χ2v) is 5.23. The average Bonchev–Trinajstić information content (AvgIpc) is 2.52. The van der Waals surface area contributed by atoms with Gasteiger partial charge in [0, 0.05) is 17.0 Å². The van der Waals surface area contributed by atoms with Crippen LogP contribution >= 0.6 is 0 Å². The monoisotopic (exact) mass is 288 g/mol. The second kappa shape index (κ2) is 6.54. The summed E-state index contributed by atoms with van der Waals surface area (Å²) in [5.74, 6) is -0.116. The predicted octanol–water partition coefficient (Wildman–Crippen LogP) is 1.66. The number of nitrogens with one attached hydrogen (secondary N) is 2. The van der Waals surface area contributed by atoms with Crippen molar-refractivity contribution in [3.05, 3.63) is 46.4 Å². The summed E-state index contributed by atoms with van der Waals surface area (Å²) in [6.07, 6.45) is 2.28. The van der Waals surface area contributed by atoms with Gasteiger partial charge in [-0.2, -0.15) is 0 Å². The number of hydrogen-bond donors (Lipinski definition) is 3. The molecular formula is C16H20N2O3. The van der Waals surface area contributed by atoms with E-state index in [4.69, 9.17) is 0 Å². The summed E-state index contributed by atoms with van der Waals surface area (Å²) in [4.78, 5) is 26.8. The largest absolute Gasteiger partial charge is 0.394 e. The van der Waals surface area contributed by atoms with Gasteiger partial charge < -0.3 is 15.4 Å². The van der Waals surface area contributed by atoms with Gasteiger partial charge in [0.15, 0.2) is 0 Å². The number of aliphatic hydroxyl groups excluding tert-OH is 1. The van der Waals surface area contributed by atoms with E-state index in [1.54, 1.807) is 24.3 Å². The zero-order valence-corrected chi connectivity index (χ0v) is 12.2. The van der Waals surface area contributed by atoms with Gasteiger partial charge in [-0.3, -0.25) is 9.59 Å². The molecule has 0 saturated heterocycles. The van der Waals surface area contributed by atoms with E-state index in [0.29, 0.717) is 16.3 Å². The van der Waals surface area contributed by atoms with Crippen molar-refractivity contribution in [2.24, 2.45) is 5.92 Å². The molecule has 0 radical (unpaired) electrons. The highest BCUT2D eigenvalue weighted by Gasteiger charge is 2.19. The summed E-state index contributed by atoms with van der Waals surface area (Å²) < 4.78 is 0. The molecule has 112 valence electrons. The van der Waals surface area contributed by atoms with Gasteiger partial charge in [-0.05, 0) is 12.0 Å². The maximum atomic E-state index is 12.4. The normalized spacial score (nSPS) is 13.9. The fraction of sp³-hybridized carbons (Fsp3) is 0.375. The molecule has 1 amide bonds. The Bertz CT molecular complexity index is 693. The molecule has 2 atom stereocenters. The summed E-state index contributed by atoms with van der Waals surface area (Å²) in [5.41, 5.74) is 0.190. The van der Waals surface area contributed by atoms with E-state index in [1.807, 2.05) is 13.8 Å². The number of carbonyl (C=O) groups is 1. The van der Waals surface area contributed by atoms with Crippen molar-refractivity contribution in [2.45, 2.75) is 26.3 Å². The predicted molar refractivity (Wildman–Crippen MR) is 82.4 cm³/mol. The van der Waals surface area contributed by atoms with Crippen LogP contribution in [0.25, 0.3) is 10.8 Å². The number of hydrogen-bond acceptors (Lipinski definition) is 3. The van der Waals surface area contributed by atoms with Crippen molar-refractivity contribution < 1.29 is 9.90 Å². The minimum atomic E-state index is -0.298. The van der Waals surface area contributed by atoms with Gasteiger partial charge in [0.05, 0.1) is 18.2 Å². The van der Waals surface area contributed by atoms with Crippen LogP contribution in [0.4, 0.5) is 0 Å². The lowest BCUT2D eigenvalue weighted by Crippen LogP contribution is -2.42. The molecule has 5 heteroatoms. The van der Waals surface area contributed by atoms with Crippen molar-refractivity contribution in [3.8, 4) is 0 Å². The van der Waals surface area contributed by atoms with Crippen LogP contribution in [0.2, 0.25) is 0 Å². The van der Waals surface area contributed by atoms with Gasteiger partial charge >= 0.3 is 0 Å². The van der Waals surface area contributed by atoms with Crippen molar-refractivity contribution in [2.75, 3.05) is 6.61 Å². The van der Waals surface area contributed by atoms with Crippen LogP contribution in [0.15, 0.2) is 35.3 Å². The Morgan fingerprint density at radius 2 is 2.00 bits per heavy atom. The molecule has 0 unspecified atom stereocenters. The Morgan fingerprint density at radius 3 is 2.62 bits per heavy atom. The number of aromatic nitrogens is 1. The first-order valence-corrected chi connectivity index (χ1v) is 7.10. The molecule has 2 aromatic rings. The lowest BCUT2D eigenvalue weighted by molar-refractivity contribution is 0.0893. The van der Waals surface area contributed by atoms with E-state index >= 15 is 0 Å². The Balaban J connectivity index is 2.36. The second-order valence-electron chi connectivity index (χ2n) is 5.23. The van der Waals surface area contributed by atoms with Crippen molar-refractivity contribution in [1.29, 1.82) is 0 Å². The average molecular weight is 288 g/mol. The molecule has 0 bridgehead atoms. The summed E-state index contributed by atoms with van der Waals surface area (Å²) in [6.45, 7) is 3.88. The van der Waals surface area contributed by atoms with E-state index in [0.717, 1.165) is 6.42 Å². The molecule has 1 heterocycles. The van der Waals surface area contributed by atoms with Crippen LogP contribution < -0.4 is 10.9 Å². The molecular weight excluding hydrogens is 268 g/mol. The maximum Gasteiger partial charge on any atom is 0.255 e. The maximum absolute atomic E-state index is 12.4. The molecule has 0 fully saturated rings. The molecule has 0 spiro atoms. The first-order valence-electron chi connectivity index (χ1n) is 7.10. The van der Waals surface area contributed by atoms with Crippen LogP contribution in [0.3, 0.4) is 0 Å². The van der Waals surface area contributed by atoms with E-state index in [-0.39, 0.29) is 30.0 Å². The minimum Gasteiger partial charge on any atom is -0.394 e. The van der Waals surface area contributed by atoms with E-state index in [1.165, 1.54) is 6.20 Å². The first kappa shape index (κ1) is 15.3. The smallest absolute Gasteiger partial charge is 0.255 e. The molecule has 0 aliphatic rings. The molecule has 1 aromatic carbocycles. The quantitative estimate of drug-likeness (QED) is 0.782. The van der Waals surface area contributed by atoms with Crippen LogP contribution in [-0.2, 0) is 0 Å². The Labute approximate surface area is 123 Å². The summed E-state index contributed by atoms with van der Waals surface area (Å²) in [6, 6.07) is 6.68. The summed E-state index contributed by atoms with van der Waals surface area (Å²) >= 11 is 0. The van der Waals surface area contributed by atoms with Crippen LogP contribution in [0.5, 0.6) is 0 Å². The summed E-state index contributed by atoms with van der Waals surface area (Å²) in [5, 5.41) is 13.3. The highest BCUT2D eigenvalue weighted by Crippen LogP contribution is 2.15. The molecule has 2 rings (SSSR count). The number of fused-ring (bicyclic) bond motifs is 1. The molecule has 0 saturated carbocycles. The van der Waals surface area contributed by atoms with Gasteiger partial charge in [-0.15, -0.1) is 0 Å². The number of rotatable bonds is 5. The van der Waals surface area contributed by atoms with Crippen molar-refractivity contribution in [3.63, 3.8) is 0 Å². The fourth-order valence-corrected chi connectivity index (χ4v) is 2.30. The topological polar surface area (TPSA) is 82.2 Å². The Hall–Kier alpha value is -2.14. The minimum absolute atomic E-state index is 0.109. The lowest BCUT2D eigenvalue weighted by Gasteiger charge is -2.22. The van der Waals surface area contributed by atoms with Gasteiger partial charge in [0.25, 0.3) is 11.5 Å². The third kappa shape index (κ3) is 3.13. The Kier molecular flexibility index (Phi) is 4.75. The number of amides is 1. The van der Waals surface area contributed by atoms with Crippen LogP contribution in [0, 0.1) is 5.92 Å². The molecule has 0 aliphatic carbocycles. The number of pyridine rings is 1. The number of benzene rings is 1. The third-order valence-corrected chi connectivity index (χ3v) is 3.90. The molecule has 5 nitrogen and oxygen atoms in total. The number of aliphatic hydroxyl groups is 1. The van der Waals surface area contributed by atoms with Crippen LogP contribution in [0.1, 0.15) is 30.6 Å². The lowest BCUT2D eigenvalue weighted by atomic mass is 9.99. The Morgan fingerprint density at radius 1 is 1.33 bits per heavy atom. The molecule has 0 aliphatic heterocycles. The zero-order chi connectivity index (χ0) is 15.4. The number of aromatic amines is 1. The van der Waals surface area contributed by atoms with Gasteiger partial charge in [0.2, 0.25) is 0 Å². The molecule has 3 N–H and O–H groups in total. The molecule has 21 heavy (non-hydrogen) atoms. The third-order valence-electron chi connectivity index (χ3n) is 3.90. The van der Waals surface area contributed by atoms with Crippen LogP contribution in [-0.4, -0.2) is 28.6 Å². The first-order chi connectivity index (χ1) is 10.1. The highest BCUT2D eigenvalue weighted by molar-refractivity contribution is 6.06. The number of carbonyl (C=O) groups excluding carboxylic acids is 1. The van der Waals surface area contributed by atoms with Gasteiger partial charge in [-0.25, -0.2) is 0 Å². The zero-order valence-electron chi connectivity index (χ0n) is 12.2. The van der Waals surface area contributed by atoms with Gasteiger partial charge in [0.1, 0.15) is 0 Å². The van der Waals surface area contributed by atoms with E-state index in [2.05, 4.69) is 10.3 Å². The van der Waals surface area contributed by atoms with E-state index in [9.17, 15) is 14.7 Å². The van der Waals surface area contributed by atoms with Crippen molar-refractivity contribution in [1.82, 2.24) is 10.3 Å². The standard InChI is InChI=1S/C16H20N2O3/c1-3-10(2)14(9-19)18-16(21)13-8-17-15(20)12-7-5-4-6-11(12)13/h4-8,10,14,19H,3,9H2,1-2H3,(H,17,20)(H,18,21)/t10-,14+/m1/s1. The summed E-state index contributed by atoms with van der Waals surface area (Å²) in [7, 11) is 0. The van der Waals surface area contributed by atoms with Crippen molar-refractivity contribution >= 4 is 16.7 Å². The highest BCUT2D eigenvalue weighted by atomic mass is 16.3. The number of H-pyrrole nitrogens is 1. The van der Waals surface area contributed by atoms with Gasteiger partial charge in [-0.1, -0.05) is 38.5 Å². The SMILES string of the molecule is CC[C@@H](C)[C@H](CO)NC(=O)c1c[nH]c(=O)c2ccccc12. The van der Waals surface area contributed by atoms with E-state index < -0.39 is 0 Å². The fourth-order valence-electron chi connectivity index (χ4n) is 2.30.